The number of unbranched alkanes of at least 4 members (excludes halogenated alkanes) is 1. The van der Waals surface area contributed by atoms with Crippen molar-refractivity contribution < 1.29 is 15.0 Å². The SMILES string of the molecule is CCCCc1cn2c(C(O)c3ccc(-c4ccccc4C(=O)O)cc3)c(C)ccc2n1. The van der Waals surface area contributed by atoms with E-state index in [0.717, 1.165) is 53.0 Å². The van der Waals surface area contributed by atoms with Crippen LogP contribution >= 0.6 is 0 Å². The van der Waals surface area contributed by atoms with Gasteiger partial charge >= 0.3 is 5.97 Å². The largest absolute Gasteiger partial charge is 0.478 e. The van der Waals surface area contributed by atoms with Gasteiger partial charge in [-0.15, -0.1) is 0 Å². The number of aryl methyl sites for hydroxylation is 2. The molecule has 4 aromatic rings. The van der Waals surface area contributed by atoms with Crippen molar-refractivity contribution in [1.29, 1.82) is 0 Å². The topological polar surface area (TPSA) is 74.8 Å². The van der Waals surface area contributed by atoms with E-state index in [1.807, 2.05) is 60.0 Å². The lowest BCUT2D eigenvalue weighted by molar-refractivity contribution is 0.0697. The van der Waals surface area contributed by atoms with Crippen molar-refractivity contribution in [3.63, 3.8) is 0 Å². The Bertz CT molecular complexity index is 1230. The Kier molecular flexibility index (Phi) is 5.87. The minimum Gasteiger partial charge on any atom is -0.478 e. The highest BCUT2D eigenvalue weighted by molar-refractivity contribution is 5.96. The van der Waals surface area contributed by atoms with Gasteiger partial charge in [0.1, 0.15) is 11.8 Å². The van der Waals surface area contributed by atoms with Crippen LogP contribution in [0.3, 0.4) is 0 Å². The molecule has 5 nitrogen and oxygen atoms in total. The first-order valence-electron chi connectivity index (χ1n) is 10.6. The maximum absolute atomic E-state index is 11.5. The summed E-state index contributed by atoms with van der Waals surface area (Å²) in [5, 5.41) is 20.7. The molecule has 0 amide bonds. The van der Waals surface area contributed by atoms with Crippen LogP contribution in [0.1, 0.15) is 58.7 Å². The lowest BCUT2D eigenvalue weighted by Crippen LogP contribution is -2.08. The van der Waals surface area contributed by atoms with Crippen molar-refractivity contribution >= 4 is 11.6 Å². The van der Waals surface area contributed by atoms with Gasteiger partial charge in [0.15, 0.2) is 0 Å². The van der Waals surface area contributed by atoms with Gasteiger partial charge in [-0.05, 0) is 54.2 Å². The number of fused-ring (bicyclic) bond motifs is 1. The summed E-state index contributed by atoms with van der Waals surface area (Å²) >= 11 is 0. The van der Waals surface area contributed by atoms with Crippen LogP contribution < -0.4 is 0 Å². The summed E-state index contributed by atoms with van der Waals surface area (Å²) in [6.07, 6.45) is 4.32. The van der Waals surface area contributed by atoms with Crippen LogP contribution in [0.5, 0.6) is 0 Å². The van der Waals surface area contributed by atoms with Crippen LogP contribution in [-0.4, -0.2) is 25.6 Å². The second kappa shape index (κ2) is 8.74. The number of benzene rings is 2. The monoisotopic (exact) mass is 414 g/mol. The minimum absolute atomic E-state index is 0.259. The molecular formula is C26H26N2O3. The van der Waals surface area contributed by atoms with Crippen molar-refractivity contribution in [3.8, 4) is 11.1 Å². The molecule has 1 unspecified atom stereocenters. The lowest BCUT2D eigenvalue weighted by Gasteiger charge is -2.17. The number of hydrogen-bond donors (Lipinski definition) is 2. The fourth-order valence-corrected chi connectivity index (χ4v) is 3.98. The lowest BCUT2D eigenvalue weighted by atomic mass is 9.96. The molecular weight excluding hydrogens is 388 g/mol. The van der Waals surface area contributed by atoms with E-state index in [1.54, 1.807) is 18.2 Å². The van der Waals surface area contributed by atoms with Crippen molar-refractivity contribution in [2.75, 3.05) is 0 Å². The van der Waals surface area contributed by atoms with Crippen molar-refractivity contribution in [3.05, 3.63) is 94.9 Å². The van der Waals surface area contributed by atoms with Crippen LogP contribution in [0.4, 0.5) is 0 Å². The Morgan fingerprint density at radius 3 is 2.52 bits per heavy atom. The first kappa shape index (κ1) is 20.8. The van der Waals surface area contributed by atoms with E-state index >= 15 is 0 Å². The van der Waals surface area contributed by atoms with E-state index in [-0.39, 0.29) is 5.56 Å². The third kappa shape index (κ3) is 4.09. The van der Waals surface area contributed by atoms with E-state index in [0.29, 0.717) is 5.56 Å². The Balaban J connectivity index is 1.70. The van der Waals surface area contributed by atoms with Crippen molar-refractivity contribution in [2.24, 2.45) is 0 Å². The molecule has 1 atom stereocenters. The summed E-state index contributed by atoms with van der Waals surface area (Å²) in [6.45, 7) is 4.15. The summed E-state index contributed by atoms with van der Waals surface area (Å²) in [6, 6.07) is 18.3. The van der Waals surface area contributed by atoms with E-state index in [1.165, 1.54) is 0 Å². The zero-order valence-electron chi connectivity index (χ0n) is 17.7. The molecule has 0 saturated heterocycles. The van der Waals surface area contributed by atoms with Crippen molar-refractivity contribution in [2.45, 2.75) is 39.2 Å². The van der Waals surface area contributed by atoms with E-state index < -0.39 is 12.1 Å². The summed E-state index contributed by atoms with van der Waals surface area (Å²) in [7, 11) is 0. The van der Waals surface area contributed by atoms with E-state index in [9.17, 15) is 15.0 Å². The molecule has 5 heteroatoms. The molecule has 0 aliphatic rings. The van der Waals surface area contributed by atoms with Crippen LogP contribution in [0.2, 0.25) is 0 Å². The molecule has 0 aliphatic heterocycles. The first-order chi connectivity index (χ1) is 15.0. The third-order valence-electron chi connectivity index (χ3n) is 5.67. The molecule has 0 saturated carbocycles. The number of aromatic carboxylic acids is 1. The molecule has 0 radical (unpaired) electrons. The number of aromatic nitrogens is 2. The number of imidazole rings is 1. The number of carboxylic acids is 1. The number of pyridine rings is 1. The highest BCUT2D eigenvalue weighted by Crippen LogP contribution is 2.30. The van der Waals surface area contributed by atoms with Crippen LogP contribution in [0.25, 0.3) is 16.8 Å². The van der Waals surface area contributed by atoms with Gasteiger partial charge in [0.05, 0.1) is 17.0 Å². The highest BCUT2D eigenvalue weighted by atomic mass is 16.4. The van der Waals surface area contributed by atoms with Gasteiger partial charge in [-0.3, -0.25) is 0 Å². The fourth-order valence-electron chi connectivity index (χ4n) is 3.98. The quantitative estimate of drug-likeness (QED) is 0.423. The van der Waals surface area contributed by atoms with Crippen LogP contribution in [0.15, 0.2) is 66.9 Å². The number of carboxylic acid groups (broad SMARTS) is 1. The molecule has 0 fully saturated rings. The van der Waals surface area contributed by atoms with Gasteiger partial charge in [-0.1, -0.05) is 61.9 Å². The van der Waals surface area contributed by atoms with E-state index in [2.05, 4.69) is 6.92 Å². The number of nitrogens with zero attached hydrogens (tertiary/aromatic N) is 2. The smallest absolute Gasteiger partial charge is 0.336 e. The number of rotatable bonds is 7. The number of carbonyl (C=O) groups is 1. The number of aliphatic hydroxyl groups excluding tert-OH is 1. The molecule has 31 heavy (non-hydrogen) atoms. The average molecular weight is 415 g/mol. The fraction of sp³-hybridized carbons (Fsp3) is 0.231. The van der Waals surface area contributed by atoms with Gasteiger partial charge < -0.3 is 14.6 Å². The summed E-state index contributed by atoms with van der Waals surface area (Å²) in [5.41, 5.74) is 6.11. The standard InChI is InChI=1S/C26H26N2O3/c1-3-4-7-20-16-28-23(27-20)15-10-17(2)24(28)25(29)19-13-11-18(12-14-19)21-8-5-6-9-22(21)26(30)31/h5-6,8-16,25,29H,3-4,7H2,1-2H3,(H,30,31). The zero-order valence-corrected chi connectivity index (χ0v) is 17.7. The van der Waals surface area contributed by atoms with Gasteiger partial charge in [-0.2, -0.15) is 0 Å². The normalized spacial score (nSPS) is 12.2. The average Bonchev–Trinajstić information content (AvgIpc) is 3.20. The minimum atomic E-state index is -0.957. The summed E-state index contributed by atoms with van der Waals surface area (Å²) in [5.74, 6) is -0.957. The second-order valence-corrected chi connectivity index (χ2v) is 7.84. The van der Waals surface area contributed by atoms with Gasteiger partial charge in [0.2, 0.25) is 0 Å². The summed E-state index contributed by atoms with van der Waals surface area (Å²) < 4.78 is 1.98. The predicted molar refractivity (Wildman–Crippen MR) is 121 cm³/mol. The molecule has 2 N–H and O–H groups in total. The van der Waals surface area contributed by atoms with Gasteiger partial charge in [0, 0.05) is 6.20 Å². The van der Waals surface area contributed by atoms with Gasteiger partial charge in [0.25, 0.3) is 0 Å². The molecule has 2 heterocycles. The van der Waals surface area contributed by atoms with Gasteiger partial charge in [-0.25, -0.2) is 9.78 Å². The Labute approximate surface area is 181 Å². The van der Waals surface area contributed by atoms with Crippen molar-refractivity contribution in [1.82, 2.24) is 9.38 Å². The molecule has 0 spiro atoms. The molecule has 0 bridgehead atoms. The number of aliphatic hydroxyl groups is 1. The molecule has 4 rings (SSSR count). The maximum atomic E-state index is 11.5. The predicted octanol–water partition coefficient (Wildman–Crippen LogP) is 5.43. The first-order valence-corrected chi connectivity index (χ1v) is 10.6. The molecule has 2 aromatic carbocycles. The zero-order chi connectivity index (χ0) is 22.0. The highest BCUT2D eigenvalue weighted by Gasteiger charge is 2.18. The molecule has 158 valence electrons. The van der Waals surface area contributed by atoms with E-state index in [4.69, 9.17) is 4.98 Å². The molecule has 0 aliphatic carbocycles. The Morgan fingerprint density at radius 1 is 1.06 bits per heavy atom. The second-order valence-electron chi connectivity index (χ2n) is 7.84. The summed E-state index contributed by atoms with van der Waals surface area (Å²) in [4.78, 5) is 16.2. The third-order valence-corrected chi connectivity index (χ3v) is 5.67. The Hall–Kier alpha value is -3.44. The number of hydrogen-bond acceptors (Lipinski definition) is 3. The van der Waals surface area contributed by atoms with Crippen LogP contribution in [-0.2, 0) is 6.42 Å². The Morgan fingerprint density at radius 2 is 1.81 bits per heavy atom. The maximum Gasteiger partial charge on any atom is 0.336 e. The molecule has 2 aromatic heterocycles. The van der Waals surface area contributed by atoms with Crippen LogP contribution in [0, 0.1) is 6.92 Å².